The second kappa shape index (κ2) is 11.2. The fourth-order valence-electron chi connectivity index (χ4n) is 5.26. The number of benzene rings is 2. The predicted octanol–water partition coefficient (Wildman–Crippen LogP) is 4.60. The summed E-state index contributed by atoms with van der Waals surface area (Å²) in [6, 6.07) is 16.1. The number of dihydropyridines is 1. The molecule has 9 heteroatoms. The molecule has 0 bridgehead atoms. The van der Waals surface area contributed by atoms with E-state index in [0.717, 1.165) is 13.1 Å². The van der Waals surface area contributed by atoms with Crippen LogP contribution in [0.3, 0.4) is 0 Å². The van der Waals surface area contributed by atoms with Gasteiger partial charge in [-0.15, -0.1) is 0 Å². The number of hydrogen-bond donors (Lipinski definition) is 1. The first kappa shape index (κ1) is 27.1. The summed E-state index contributed by atoms with van der Waals surface area (Å²) >= 11 is 0. The second-order valence-corrected chi connectivity index (χ2v) is 9.99. The molecule has 0 aliphatic carbocycles. The molecule has 0 saturated carbocycles. The molecule has 0 unspecified atom stereocenters. The van der Waals surface area contributed by atoms with Gasteiger partial charge < -0.3 is 14.8 Å². The van der Waals surface area contributed by atoms with Gasteiger partial charge in [0, 0.05) is 49.6 Å². The second-order valence-electron chi connectivity index (χ2n) is 9.99. The quantitative estimate of drug-likeness (QED) is 0.306. The average molecular weight is 520 g/mol. The maximum atomic E-state index is 13.8. The third-order valence-corrected chi connectivity index (χ3v) is 6.99. The topological polar surface area (TPSA) is 111 Å². The van der Waals surface area contributed by atoms with Crippen molar-refractivity contribution in [2.75, 3.05) is 19.7 Å². The maximum Gasteiger partial charge on any atom is 0.337 e. The molecule has 200 valence electrons. The first-order valence-corrected chi connectivity index (χ1v) is 12.7. The van der Waals surface area contributed by atoms with Gasteiger partial charge in [0.2, 0.25) is 0 Å². The van der Waals surface area contributed by atoms with Gasteiger partial charge in [-0.2, -0.15) is 0 Å². The SMILES string of the molecule is CCOC(=O)C1=C(C)NC(C)=C(C(=O)O[C@]2(C)CCN(Cc3ccccc3)C2)[C@H]1c1cccc([N+](=O)[O-])c1. The maximum absolute atomic E-state index is 13.8. The Bertz CT molecular complexity index is 1300. The first-order chi connectivity index (χ1) is 18.1. The van der Waals surface area contributed by atoms with Crippen LogP contribution in [-0.2, 0) is 25.6 Å². The van der Waals surface area contributed by atoms with E-state index in [0.29, 0.717) is 29.9 Å². The molecule has 38 heavy (non-hydrogen) atoms. The molecule has 1 fully saturated rings. The molecule has 1 N–H and O–H groups in total. The minimum atomic E-state index is -0.881. The fourth-order valence-corrected chi connectivity index (χ4v) is 5.26. The summed E-state index contributed by atoms with van der Waals surface area (Å²) in [4.78, 5) is 40.2. The largest absolute Gasteiger partial charge is 0.463 e. The van der Waals surface area contributed by atoms with Gasteiger partial charge in [-0.25, -0.2) is 9.59 Å². The van der Waals surface area contributed by atoms with Crippen molar-refractivity contribution in [1.82, 2.24) is 10.2 Å². The number of nitrogens with zero attached hydrogens (tertiary/aromatic N) is 2. The number of rotatable bonds is 8. The Labute approximate surface area is 222 Å². The summed E-state index contributed by atoms with van der Waals surface area (Å²) in [6.45, 7) is 9.32. The van der Waals surface area contributed by atoms with E-state index in [4.69, 9.17) is 9.47 Å². The van der Waals surface area contributed by atoms with Gasteiger partial charge in [0.1, 0.15) is 5.60 Å². The molecule has 2 heterocycles. The molecular weight excluding hydrogens is 486 g/mol. The third kappa shape index (κ3) is 5.78. The number of allylic oxidation sites excluding steroid dienone is 2. The Hall–Kier alpha value is -3.98. The van der Waals surface area contributed by atoms with Crippen LogP contribution in [0, 0.1) is 10.1 Å². The van der Waals surface area contributed by atoms with Gasteiger partial charge >= 0.3 is 11.9 Å². The molecule has 0 radical (unpaired) electrons. The monoisotopic (exact) mass is 519 g/mol. The van der Waals surface area contributed by atoms with Crippen LogP contribution in [0.1, 0.15) is 51.2 Å². The lowest BCUT2D eigenvalue weighted by molar-refractivity contribution is -0.384. The molecule has 0 aromatic heterocycles. The van der Waals surface area contributed by atoms with E-state index in [1.54, 1.807) is 32.9 Å². The lowest BCUT2D eigenvalue weighted by Gasteiger charge is -2.33. The van der Waals surface area contributed by atoms with E-state index in [1.807, 2.05) is 25.1 Å². The van der Waals surface area contributed by atoms with E-state index in [1.165, 1.54) is 17.7 Å². The van der Waals surface area contributed by atoms with Gasteiger partial charge in [0.25, 0.3) is 5.69 Å². The van der Waals surface area contributed by atoms with Crippen molar-refractivity contribution in [2.24, 2.45) is 0 Å². The molecule has 2 aromatic carbocycles. The minimum Gasteiger partial charge on any atom is -0.463 e. The van der Waals surface area contributed by atoms with E-state index in [9.17, 15) is 19.7 Å². The average Bonchev–Trinajstić information content (AvgIpc) is 3.23. The predicted molar refractivity (Wildman–Crippen MR) is 142 cm³/mol. The highest BCUT2D eigenvalue weighted by Gasteiger charge is 2.43. The fraction of sp³-hybridized carbons (Fsp3) is 0.379. The summed E-state index contributed by atoms with van der Waals surface area (Å²) in [5.41, 5.74) is 2.28. The number of esters is 2. The highest BCUT2D eigenvalue weighted by atomic mass is 16.6. The third-order valence-electron chi connectivity index (χ3n) is 6.99. The van der Waals surface area contributed by atoms with Crippen molar-refractivity contribution in [3.63, 3.8) is 0 Å². The lowest BCUT2D eigenvalue weighted by atomic mass is 9.80. The van der Waals surface area contributed by atoms with Crippen molar-refractivity contribution < 1.29 is 24.0 Å². The minimum absolute atomic E-state index is 0.133. The Morgan fingerprint density at radius 3 is 2.42 bits per heavy atom. The van der Waals surface area contributed by atoms with Crippen LogP contribution in [0.4, 0.5) is 5.69 Å². The molecule has 4 rings (SSSR count). The molecule has 1 saturated heterocycles. The van der Waals surface area contributed by atoms with Gasteiger partial charge in [-0.3, -0.25) is 15.0 Å². The van der Waals surface area contributed by atoms with Crippen LogP contribution in [0.25, 0.3) is 0 Å². The van der Waals surface area contributed by atoms with Gasteiger partial charge in [0.05, 0.1) is 28.6 Å². The molecule has 9 nitrogen and oxygen atoms in total. The Balaban J connectivity index is 1.64. The van der Waals surface area contributed by atoms with E-state index < -0.39 is 28.4 Å². The zero-order chi connectivity index (χ0) is 27.4. The molecule has 2 aliphatic heterocycles. The van der Waals surface area contributed by atoms with Crippen LogP contribution in [0.5, 0.6) is 0 Å². The van der Waals surface area contributed by atoms with Crippen LogP contribution < -0.4 is 5.32 Å². The van der Waals surface area contributed by atoms with Crippen LogP contribution in [0.2, 0.25) is 0 Å². The number of nitro groups is 1. The number of nitro benzene ring substituents is 1. The summed E-state index contributed by atoms with van der Waals surface area (Å²) in [5, 5.41) is 14.6. The number of hydrogen-bond acceptors (Lipinski definition) is 8. The number of likely N-dealkylation sites (tertiary alicyclic amines) is 1. The van der Waals surface area contributed by atoms with Crippen LogP contribution in [0.15, 0.2) is 77.1 Å². The zero-order valence-corrected chi connectivity index (χ0v) is 22.2. The first-order valence-electron chi connectivity index (χ1n) is 12.7. The molecule has 2 atom stereocenters. The van der Waals surface area contributed by atoms with Gasteiger partial charge in [0.15, 0.2) is 0 Å². The molecule has 0 spiro atoms. The zero-order valence-electron chi connectivity index (χ0n) is 22.2. The van der Waals surface area contributed by atoms with E-state index in [-0.39, 0.29) is 23.4 Å². The van der Waals surface area contributed by atoms with E-state index >= 15 is 0 Å². The number of nitrogens with one attached hydrogen (secondary N) is 1. The van der Waals surface area contributed by atoms with Gasteiger partial charge in [-0.1, -0.05) is 42.5 Å². The number of carbonyl (C=O) groups excluding carboxylic acids is 2. The standard InChI is InChI=1S/C29H33N3O6/c1-5-37-27(33)24-19(2)30-20(3)25(26(24)22-12-9-13-23(16-22)32(35)36)28(34)38-29(4)14-15-31(18-29)17-21-10-7-6-8-11-21/h6-13,16,26,30H,5,14-15,17-18H2,1-4H3/t26-,29+/m0/s1. The number of ether oxygens (including phenoxy) is 2. The Morgan fingerprint density at radius 1 is 1.08 bits per heavy atom. The molecular formula is C29H33N3O6. The lowest BCUT2D eigenvalue weighted by Crippen LogP contribution is -2.39. The molecule has 2 aliphatic rings. The van der Waals surface area contributed by atoms with Crippen molar-refractivity contribution >= 4 is 17.6 Å². The van der Waals surface area contributed by atoms with Crippen molar-refractivity contribution in [3.8, 4) is 0 Å². The van der Waals surface area contributed by atoms with Crippen molar-refractivity contribution in [1.29, 1.82) is 0 Å². The summed E-state index contributed by atoms with van der Waals surface area (Å²) in [6.07, 6.45) is 0.659. The normalized spacial score (nSPS) is 21.7. The highest BCUT2D eigenvalue weighted by molar-refractivity contribution is 6.00. The highest BCUT2D eigenvalue weighted by Crippen LogP contribution is 2.41. The Kier molecular flexibility index (Phi) is 7.97. The number of carbonyl (C=O) groups is 2. The molecule has 2 aromatic rings. The number of non-ortho nitro benzene ring substituents is 1. The molecule has 0 amide bonds. The Morgan fingerprint density at radius 2 is 1.76 bits per heavy atom. The van der Waals surface area contributed by atoms with Crippen molar-refractivity contribution in [2.45, 2.75) is 52.2 Å². The van der Waals surface area contributed by atoms with E-state index in [2.05, 4.69) is 22.3 Å². The summed E-state index contributed by atoms with van der Waals surface area (Å²) in [7, 11) is 0. The smallest absolute Gasteiger partial charge is 0.337 e. The van der Waals surface area contributed by atoms with Crippen LogP contribution in [-0.4, -0.2) is 47.1 Å². The van der Waals surface area contributed by atoms with Gasteiger partial charge in [-0.05, 0) is 38.8 Å². The summed E-state index contributed by atoms with van der Waals surface area (Å²) in [5.74, 6) is -2.04. The summed E-state index contributed by atoms with van der Waals surface area (Å²) < 4.78 is 11.5. The van der Waals surface area contributed by atoms with Crippen molar-refractivity contribution in [3.05, 3.63) is 98.4 Å². The van der Waals surface area contributed by atoms with Crippen LogP contribution >= 0.6 is 0 Å².